The topological polar surface area (TPSA) is 141 Å². The van der Waals surface area contributed by atoms with E-state index in [1.165, 1.54) is 17.9 Å². The molecule has 40 heavy (non-hydrogen) atoms. The van der Waals surface area contributed by atoms with Crippen molar-refractivity contribution in [2.45, 2.75) is 25.7 Å². The molecule has 2 aromatic heterocycles. The lowest BCUT2D eigenvalue weighted by Crippen LogP contribution is -2.25. The minimum absolute atomic E-state index is 0.186. The van der Waals surface area contributed by atoms with Crippen LogP contribution in [0.1, 0.15) is 21.6 Å². The number of nitrogens with two attached hydrogens (primary N) is 1. The number of anilines is 1. The number of likely N-dealkylation sites (tertiary alicyclic amines) is 1. The number of primary amides is 1. The highest BCUT2D eigenvalue weighted by Crippen LogP contribution is 2.37. The molecule has 0 aliphatic carbocycles. The van der Waals surface area contributed by atoms with Crippen molar-refractivity contribution in [3.05, 3.63) is 77.6 Å². The van der Waals surface area contributed by atoms with Crippen LogP contribution in [0.15, 0.2) is 60.8 Å². The van der Waals surface area contributed by atoms with Crippen LogP contribution in [0.4, 0.5) is 10.6 Å². The Balaban J connectivity index is 1.27. The van der Waals surface area contributed by atoms with E-state index in [0.717, 1.165) is 10.9 Å². The number of hydrogen-bond donors (Lipinski definition) is 3. The van der Waals surface area contributed by atoms with Crippen LogP contribution in [0.25, 0.3) is 10.9 Å². The van der Waals surface area contributed by atoms with Gasteiger partial charge in [0, 0.05) is 61.7 Å². The lowest BCUT2D eigenvalue weighted by Gasteiger charge is -2.15. The van der Waals surface area contributed by atoms with E-state index in [4.69, 9.17) is 19.9 Å². The van der Waals surface area contributed by atoms with Crippen molar-refractivity contribution in [3.8, 4) is 17.2 Å². The van der Waals surface area contributed by atoms with E-state index >= 15 is 0 Å². The monoisotopic (exact) mass is 545 g/mol. The van der Waals surface area contributed by atoms with Gasteiger partial charge in [-0.3, -0.25) is 14.3 Å². The predicted octanol–water partition coefficient (Wildman–Crippen LogP) is 3.52. The number of aromatic nitrogens is 2. The normalized spacial score (nSPS) is 17.2. The van der Waals surface area contributed by atoms with Gasteiger partial charge in [0.1, 0.15) is 11.6 Å². The maximum atomic E-state index is 12.9. The molecular weight excluding hydrogens is 514 g/mol. The zero-order chi connectivity index (χ0) is 28.4. The van der Waals surface area contributed by atoms with Gasteiger partial charge in [0.05, 0.1) is 24.8 Å². The average Bonchev–Trinajstić information content (AvgIpc) is 3.45. The van der Waals surface area contributed by atoms with Gasteiger partial charge in [0.25, 0.3) is 5.91 Å². The summed E-state index contributed by atoms with van der Waals surface area (Å²) in [6.07, 6.45) is 0.846. The summed E-state index contributed by atoms with van der Waals surface area (Å²) in [6.45, 7) is 3.65. The summed E-state index contributed by atoms with van der Waals surface area (Å²) in [4.78, 5) is 31.1. The first-order chi connectivity index (χ1) is 19.2. The fourth-order valence-electron chi connectivity index (χ4n) is 4.96. The second-order valence-corrected chi connectivity index (χ2v) is 9.69. The molecule has 0 saturated carbocycles. The number of carbonyl (C=O) groups excluding carboxylic acids is 2. The molecule has 1 aliphatic rings. The number of methoxy groups -OCH3 is 2. The molecule has 3 heterocycles. The van der Waals surface area contributed by atoms with Crippen LogP contribution in [0.3, 0.4) is 0 Å². The van der Waals surface area contributed by atoms with Crippen LogP contribution in [0, 0.1) is 6.92 Å². The highest BCUT2D eigenvalue weighted by Gasteiger charge is 2.31. The van der Waals surface area contributed by atoms with Crippen LogP contribution in [0.5, 0.6) is 17.2 Å². The minimum atomic E-state index is -0.584. The Morgan fingerprint density at radius 3 is 2.52 bits per heavy atom. The van der Waals surface area contributed by atoms with E-state index in [0.29, 0.717) is 59.5 Å². The molecule has 5 rings (SSSR count). The molecule has 11 heteroatoms. The Kier molecular flexibility index (Phi) is 7.69. The molecule has 0 bridgehead atoms. The average molecular weight is 546 g/mol. The largest absolute Gasteiger partial charge is 0.493 e. The van der Waals surface area contributed by atoms with Crippen molar-refractivity contribution < 1.29 is 28.9 Å². The number of rotatable bonds is 8. The maximum absolute atomic E-state index is 12.9. The van der Waals surface area contributed by atoms with Crippen molar-refractivity contribution in [3.63, 3.8) is 0 Å². The molecule has 0 unspecified atom stereocenters. The lowest BCUT2D eigenvalue weighted by atomic mass is 10.1. The van der Waals surface area contributed by atoms with E-state index in [1.807, 2.05) is 18.2 Å². The third-order valence-electron chi connectivity index (χ3n) is 6.93. The van der Waals surface area contributed by atoms with Gasteiger partial charge in [0.2, 0.25) is 0 Å². The number of nitrogens with one attached hydrogen (secondary N) is 1. The minimum Gasteiger partial charge on any atom is -0.493 e. The van der Waals surface area contributed by atoms with Crippen LogP contribution in [0.2, 0.25) is 0 Å². The van der Waals surface area contributed by atoms with E-state index in [1.54, 1.807) is 50.4 Å². The molecular formula is C29H31N5O6. The molecule has 2 atom stereocenters. The van der Waals surface area contributed by atoms with E-state index in [2.05, 4.69) is 15.2 Å². The number of aliphatic hydroxyl groups excluding tert-OH is 1. The summed E-state index contributed by atoms with van der Waals surface area (Å²) in [6, 6.07) is 15.3. The number of aryl methyl sites for hydroxylation is 1. The zero-order valence-corrected chi connectivity index (χ0v) is 22.5. The first kappa shape index (κ1) is 27.1. The number of amides is 2. The fraction of sp³-hybridized carbons (Fsp3) is 0.276. The van der Waals surface area contributed by atoms with Gasteiger partial charge in [-0.1, -0.05) is 12.1 Å². The second-order valence-electron chi connectivity index (χ2n) is 9.69. The number of β-amino-alcohol motifs (C(OH)–C–C–N with tert-alkyl or cyclic N) is 1. The first-order valence-electron chi connectivity index (χ1n) is 12.7. The molecule has 0 radical (unpaired) electrons. The number of hydrogen-bond acceptors (Lipinski definition) is 8. The summed E-state index contributed by atoms with van der Waals surface area (Å²) in [5.41, 5.74) is 8.34. The van der Waals surface area contributed by atoms with Gasteiger partial charge in [-0.25, -0.2) is 9.78 Å². The number of nitrogens with zero attached hydrogens (tertiary/aromatic N) is 3. The summed E-state index contributed by atoms with van der Waals surface area (Å²) in [7, 11) is 3.11. The molecule has 1 saturated heterocycles. The Morgan fingerprint density at radius 1 is 1.07 bits per heavy atom. The Hall–Kier alpha value is -4.45. The van der Waals surface area contributed by atoms with E-state index in [9.17, 15) is 14.7 Å². The number of aliphatic hydroxyl groups is 1. The van der Waals surface area contributed by atoms with Crippen LogP contribution in [-0.4, -0.2) is 71.0 Å². The van der Waals surface area contributed by atoms with Gasteiger partial charge in [-0.2, -0.15) is 0 Å². The Labute approximate surface area is 231 Å². The molecule has 11 nitrogen and oxygen atoms in total. The van der Waals surface area contributed by atoms with Crippen LogP contribution in [-0.2, 0) is 11.3 Å². The van der Waals surface area contributed by atoms with Crippen molar-refractivity contribution >= 4 is 28.7 Å². The Morgan fingerprint density at radius 2 is 1.85 bits per heavy atom. The quantitative estimate of drug-likeness (QED) is 0.305. The molecule has 2 aromatic carbocycles. The molecule has 2 amide bonds. The van der Waals surface area contributed by atoms with E-state index < -0.39 is 12.1 Å². The number of ether oxygens (including phenoxy) is 3. The van der Waals surface area contributed by atoms with Gasteiger partial charge in [-0.15, -0.1) is 0 Å². The second kappa shape index (κ2) is 11.3. The smallest absolute Gasteiger partial charge is 0.323 e. The molecule has 0 spiro atoms. The highest BCUT2D eigenvalue weighted by atomic mass is 16.5. The first-order valence-corrected chi connectivity index (χ1v) is 12.7. The SMILES string of the molecule is COc1cc2c(cc1Oc1ccnc(NC(=O)c3ccc(CN4C[C@H](OC)[C@@H](O)C4)cc3)c1)cc(C)n2C(N)=O. The molecule has 1 aliphatic heterocycles. The Bertz CT molecular complexity index is 1550. The van der Waals surface area contributed by atoms with Crippen molar-refractivity contribution in [1.29, 1.82) is 0 Å². The van der Waals surface area contributed by atoms with Gasteiger partial charge >= 0.3 is 6.03 Å². The van der Waals surface area contributed by atoms with Gasteiger partial charge in [-0.05, 0) is 42.8 Å². The standard InChI is InChI=1S/C29H31N5O6/c1-17-10-20-11-25(24(38-2)13-22(20)34(17)29(30)37)40-21-8-9-31-27(12-21)32-28(36)19-6-4-18(5-7-19)14-33-15-23(35)26(16-33)39-3/h4-13,23,26,35H,14-16H2,1-3H3,(H2,30,37)(H,31,32,36)/t23-,26-/m0/s1. The lowest BCUT2D eigenvalue weighted by molar-refractivity contribution is 0.0215. The predicted molar refractivity (Wildman–Crippen MR) is 149 cm³/mol. The highest BCUT2D eigenvalue weighted by molar-refractivity contribution is 6.03. The number of pyridine rings is 1. The summed E-state index contributed by atoms with van der Waals surface area (Å²) < 4.78 is 18.3. The molecule has 4 N–H and O–H groups in total. The van der Waals surface area contributed by atoms with Crippen molar-refractivity contribution in [2.24, 2.45) is 5.73 Å². The molecule has 1 fully saturated rings. The van der Waals surface area contributed by atoms with Gasteiger partial charge in [0.15, 0.2) is 11.5 Å². The summed E-state index contributed by atoms with van der Waals surface area (Å²) in [5.74, 6) is 1.29. The fourth-order valence-corrected chi connectivity index (χ4v) is 4.96. The number of fused-ring (bicyclic) bond motifs is 1. The third-order valence-corrected chi connectivity index (χ3v) is 6.93. The van der Waals surface area contributed by atoms with Crippen LogP contribution >= 0.6 is 0 Å². The maximum Gasteiger partial charge on any atom is 0.323 e. The summed E-state index contributed by atoms with van der Waals surface area (Å²) >= 11 is 0. The zero-order valence-electron chi connectivity index (χ0n) is 22.5. The molecule has 4 aromatic rings. The summed E-state index contributed by atoms with van der Waals surface area (Å²) in [5, 5.41) is 13.6. The number of carbonyl (C=O) groups is 2. The van der Waals surface area contributed by atoms with Crippen molar-refractivity contribution in [2.75, 3.05) is 32.6 Å². The van der Waals surface area contributed by atoms with Crippen molar-refractivity contribution in [1.82, 2.24) is 14.5 Å². The third kappa shape index (κ3) is 5.62. The van der Waals surface area contributed by atoms with Crippen LogP contribution < -0.4 is 20.5 Å². The van der Waals surface area contributed by atoms with E-state index in [-0.39, 0.29) is 12.0 Å². The molecule has 208 valence electrons. The van der Waals surface area contributed by atoms with Gasteiger partial charge < -0.3 is 30.4 Å². The number of benzene rings is 2.